The van der Waals surface area contributed by atoms with E-state index < -0.39 is 26.1 Å². The normalized spacial score (nSPS) is 14.2. The maximum absolute atomic E-state index is 12.0. The summed E-state index contributed by atoms with van der Waals surface area (Å²) < 4.78 is 51.5. The highest BCUT2D eigenvalue weighted by Gasteiger charge is 2.19. The largest absolute Gasteiger partial charge is 0.395 e. The standard InChI is InChI=1S/C11H18N2O5S2/c1-3-9(8-14)13-20(17,18)11-6-4-10(5-7-11)19(15,16)12-2/h4-7,9,12-14H,3,8H2,1-2H3. The van der Waals surface area contributed by atoms with Crippen molar-refractivity contribution in [2.75, 3.05) is 13.7 Å². The summed E-state index contributed by atoms with van der Waals surface area (Å²) in [4.78, 5) is -0.0763. The number of hydrogen-bond donors (Lipinski definition) is 3. The van der Waals surface area contributed by atoms with Crippen molar-refractivity contribution in [2.24, 2.45) is 0 Å². The van der Waals surface area contributed by atoms with Gasteiger partial charge in [-0.3, -0.25) is 0 Å². The Morgan fingerprint density at radius 2 is 1.50 bits per heavy atom. The summed E-state index contributed by atoms with van der Waals surface area (Å²) in [5.74, 6) is 0. The Hall–Kier alpha value is -1.00. The van der Waals surface area contributed by atoms with Crippen LogP contribution >= 0.6 is 0 Å². The summed E-state index contributed by atoms with van der Waals surface area (Å²) in [7, 11) is -6.10. The summed E-state index contributed by atoms with van der Waals surface area (Å²) in [5, 5.41) is 9.00. The minimum atomic E-state index is -3.78. The van der Waals surface area contributed by atoms with Crippen LogP contribution in [0.25, 0.3) is 0 Å². The molecule has 0 aliphatic carbocycles. The van der Waals surface area contributed by atoms with Crippen molar-refractivity contribution < 1.29 is 21.9 Å². The van der Waals surface area contributed by atoms with E-state index >= 15 is 0 Å². The van der Waals surface area contributed by atoms with Crippen LogP contribution in [0.4, 0.5) is 0 Å². The van der Waals surface area contributed by atoms with Crippen LogP contribution in [0, 0.1) is 0 Å². The molecule has 1 unspecified atom stereocenters. The quantitative estimate of drug-likeness (QED) is 0.635. The molecule has 0 heterocycles. The lowest BCUT2D eigenvalue weighted by atomic mass is 10.3. The van der Waals surface area contributed by atoms with E-state index in [4.69, 9.17) is 5.11 Å². The molecular formula is C11H18N2O5S2. The summed E-state index contributed by atoms with van der Waals surface area (Å²) in [6.45, 7) is 1.44. The predicted molar refractivity (Wildman–Crippen MR) is 74.2 cm³/mol. The van der Waals surface area contributed by atoms with Gasteiger partial charge in [-0.05, 0) is 37.7 Å². The van der Waals surface area contributed by atoms with E-state index in [1.807, 2.05) is 0 Å². The lowest BCUT2D eigenvalue weighted by molar-refractivity contribution is 0.254. The van der Waals surface area contributed by atoms with E-state index in [0.29, 0.717) is 6.42 Å². The van der Waals surface area contributed by atoms with Crippen LogP contribution in [0.1, 0.15) is 13.3 Å². The second-order valence-corrected chi connectivity index (χ2v) is 7.69. The van der Waals surface area contributed by atoms with Crippen molar-refractivity contribution in [3.05, 3.63) is 24.3 Å². The smallest absolute Gasteiger partial charge is 0.240 e. The lowest BCUT2D eigenvalue weighted by Crippen LogP contribution is -2.36. The molecule has 7 nitrogen and oxygen atoms in total. The van der Waals surface area contributed by atoms with Crippen molar-refractivity contribution >= 4 is 20.0 Å². The number of nitrogens with one attached hydrogen (secondary N) is 2. The van der Waals surface area contributed by atoms with Crippen molar-refractivity contribution in [2.45, 2.75) is 29.2 Å². The van der Waals surface area contributed by atoms with E-state index in [2.05, 4.69) is 9.44 Å². The molecule has 0 radical (unpaired) electrons. The molecule has 3 N–H and O–H groups in total. The molecule has 20 heavy (non-hydrogen) atoms. The third kappa shape index (κ3) is 4.00. The zero-order valence-corrected chi connectivity index (χ0v) is 12.8. The van der Waals surface area contributed by atoms with Crippen LogP contribution in [0.3, 0.4) is 0 Å². The molecule has 9 heteroatoms. The summed E-state index contributed by atoms with van der Waals surface area (Å²) in [5.41, 5.74) is 0. The number of rotatable bonds is 7. The molecule has 0 aliphatic heterocycles. The molecule has 0 saturated heterocycles. The number of aliphatic hydroxyl groups excluding tert-OH is 1. The van der Waals surface area contributed by atoms with Crippen LogP contribution < -0.4 is 9.44 Å². The Morgan fingerprint density at radius 3 is 1.85 bits per heavy atom. The Morgan fingerprint density at radius 1 is 1.05 bits per heavy atom. The number of aliphatic hydroxyl groups is 1. The van der Waals surface area contributed by atoms with Gasteiger partial charge in [-0.1, -0.05) is 6.92 Å². The van der Waals surface area contributed by atoms with E-state index in [9.17, 15) is 16.8 Å². The molecule has 0 saturated carbocycles. The SMILES string of the molecule is CCC(CO)NS(=O)(=O)c1ccc(S(=O)(=O)NC)cc1. The van der Waals surface area contributed by atoms with Gasteiger partial charge in [0, 0.05) is 6.04 Å². The molecule has 114 valence electrons. The first-order chi connectivity index (χ1) is 9.26. The average molecular weight is 322 g/mol. The van der Waals surface area contributed by atoms with Crippen LogP contribution in [-0.2, 0) is 20.0 Å². The Balaban J connectivity index is 3.04. The fourth-order valence-corrected chi connectivity index (χ4v) is 3.49. The van der Waals surface area contributed by atoms with Gasteiger partial charge in [0.05, 0.1) is 16.4 Å². The van der Waals surface area contributed by atoms with E-state index in [1.165, 1.54) is 31.3 Å². The first kappa shape index (κ1) is 17.1. The zero-order valence-electron chi connectivity index (χ0n) is 11.2. The van der Waals surface area contributed by atoms with Gasteiger partial charge in [0.1, 0.15) is 0 Å². The second kappa shape index (κ2) is 6.64. The predicted octanol–water partition coefficient (Wildman–Crippen LogP) is -0.356. The maximum Gasteiger partial charge on any atom is 0.240 e. The average Bonchev–Trinajstić information content (AvgIpc) is 2.45. The summed E-state index contributed by atoms with van der Waals surface area (Å²) >= 11 is 0. The fourth-order valence-electron chi connectivity index (χ4n) is 1.45. The molecule has 0 spiro atoms. The second-order valence-electron chi connectivity index (χ2n) is 4.09. The lowest BCUT2D eigenvalue weighted by Gasteiger charge is -2.14. The van der Waals surface area contributed by atoms with Gasteiger partial charge in [0.15, 0.2) is 0 Å². The van der Waals surface area contributed by atoms with Gasteiger partial charge >= 0.3 is 0 Å². The van der Waals surface area contributed by atoms with Gasteiger partial charge in [0.25, 0.3) is 0 Å². The Bertz CT molecular complexity index is 634. The van der Waals surface area contributed by atoms with Crippen LogP contribution in [-0.4, -0.2) is 41.6 Å². The minimum Gasteiger partial charge on any atom is -0.395 e. The molecule has 0 fully saturated rings. The summed E-state index contributed by atoms with van der Waals surface area (Å²) in [6.07, 6.45) is 0.446. The van der Waals surface area contributed by atoms with Gasteiger partial charge in [0.2, 0.25) is 20.0 Å². The van der Waals surface area contributed by atoms with Crippen molar-refractivity contribution in [3.8, 4) is 0 Å². The maximum atomic E-state index is 12.0. The monoisotopic (exact) mass is 322 g/mol. The van der Waals surface area contributed by atoms with Gasteiger partial charge in [-0.15, -0.1) is 0 Å². The van der Waals surface area contributed by atoms with E-state index in [0.717, 1.165) is 0 Å². The third-order valence-corrected chi connectivity index (χ3v) is 5.71. The highest BCUT2D eigenvalue weighted by molar-refractivity contribution is 7.90. The van der Waals surface area contributed by atoms with Crippen LogP contribution in [0.15, 0.2) is 34.1 Å². The van der Waals surface area contributed by atoms with Crippen LogP contribution in [0.2, 0.25) is 0 Å². The molecule has 0 bridgehead atoms. The number of sulfonamides is 2. The zero-order chi connectivity index (χ0) is 15.4. The van der Waals surface area contributed by atoms with Crippen LogP contribution in [0.5, 0.6) is 0 Å². The highest BCUT2D eigenvalue weighted by atomic mass is 32.2. The van der Waals surface area contributed by atoms with Crippen molar-refractivity contribution in [1.82, 2.24) is 9.44 Å². The van der Waals surface area contributed by atoms with Gasteiger partial charge in [-0.2, -0.15) is 0 Å². The first-order valence-corrected chi connectivity index (χ1v) is 8.90. The molecule has 0 aromatic heterocycles. The molecule has 1 rings (SSSR count). The molecule has 1 aromatic carbocycles. The van der Waals surface area contributed by atoms with Gasteiger partial charge < -0.3 is 5.11 Å². The van der Waals surface area contributed by atoms with Gasteiger partial charge in [-0.25, -0.2) is 26.3 Å². The fraction of sp³-hybridized carbons (Fsp3) is 0.455. The molecule has 0 aliphatic rings. The minimum absolute atomic E-state index is 0.0202. The molecule has 1 atom stereocenters. The third-order valence-electron chi connectivity index (χ3n) is 2.75. The topological polar surface area (TPSA) is 113 Å². The molecule has 0 amide bonds. The molecule has 1 aromatic rings. The Kier molecular flexibility index (Phi) is 5.66. The van der Waals surface area contributed by atoms with Crippen molar-refractivity contribution in [1.29, 1.82) is 0 Å². The Labute approximate surface area is 119 Å². The summed E-state index contributed by atoms with van der Waals surface area (Å²) in [6, 6.07) is 4.26. The van der Waals surface area contributed by atoms with E-state index in [-0.39, 0.29) is 16.4 Å². The highest BCUT2D eigenvalue weighted by Crippen LogP contribution is 2.14. The molecular weight excluding hydrogens is 304 g/mol. The van der Waals surface area contributed by atoms with Crippen molar-refractivity contribution in [3.63, 3.8) is 0 Å². The van der Waals surface area contributed by atoms with E-state index in [1.54, 1.807) is 6.92 Å². The first-order valence-electron chi connectivity index (χ1n) is 5.93. The number of benzene rings is 1. The number of hydrogen-bond acceptors (Lipinski definition) is 5.